The van der Waals surface area contributed by atoms with E-state index in [1.807, 2.05) is 9.80 Å². The van der Waals surface area contributed by atoms with Crippen molar-refractivity contribution in [2.75, 3.05) is 33.3 Å². The largest absolute Gasteiger partial charge is 0.469 e. The molecule has 2 aromatic rings. The molecule has 2 amide bonds. The third kappa shape index (κ3) is 4.41. The monoisotopic (exact) mass is 430 g/mol. The van der Waals surface area contributed by atoms with E-state index >= 15 is 0 Å². The summed E-state index contributed by atoms with van der Waals surface area (Å²) in [6.45, 7) is 2.77. The summed E-state index contributed by atoms with van der Waals surface area (Å²) in [7, 11) is 1.43. The molecule has 0 saturated carbocycles. The van der Waals surface area contributed by atoms with Crippen molar-refractivity contribution in [2.24, 2.45) is 5.92 Å². The first-order valence-electron chi connectivity index (χ1n) is 10.1. The van der Waals surface area contributed by atoms with Crippen LogP contribution in [0.15, 0.2) is 39.2 Å². The van der Waals surface area contributed by atoms with Gasteiger partial charge in [0.25, 0.3) is 0 Å². The first kappa shape index (κ1) is 20.2. The number of hydrogen-bond donors (Lipinski definition) is 0. The van der Waals surface area contributed by atoms with Crippen LogP contribution in [0.5, 0.6) is 0 Å². The molecule has 0 aromatic carbocycles. The molecule has 0 N–H and O–H groups in total. The SMILES string of the molecule is COC(=O)C1CCN(C(=O)N2CCC(=C(c3ccsc3)c3ccsc3)CC2)CC1. The molecule has 4 rings (SSSR count). The van der Waals surface area contributed by atoms with Crippen LogP contribution in [0.1, 0.15) is 36.8 Å². The number of hydrogen-bond acceptors (Lipinski definition) is 5. The molecular formula is C22H26N2O3S2. The van der Waals surface area contributed by atoms with Crippen molar-refractivity contribution in [3.63, 3.8) is 0 Å². The highest BCUT2D eigenvalue weighted by atomic mass is 32.1. The molecule has 0 radical (unpaired) electrons. The van der Waals surface area contributed by atoms with Crippen LogP contribution in [-0.2, 0) is 9.53 Å². The van der Waals surface area contributed by atoms with Crippen LogP contribution in [0.2, 0.25) is 0 Å². The van der Waals surface area contributed by atoms with Gasteiger partial charge < -0.3 is 14.5 Å². The van der Waals surface area contributed by atoms with Gasteiger partial charge in [-0.05, 0) is 76.0 Å². The highest BCUT2D eigenvalue weighted by Gasteiger charge is 2.31. The van der Waals surface area contributed by atoms with Crippen molar-refractivity contribution in [3.05, 3.63) is 50.4 Å². The average Bonchev–Trinajstić information content (AvgIpc) is 3.49. The molecule has 0 spiro atoms. The fourth-order valence-corrected chi connectivity index (χ4v) is 5.57. The van der Waals surface area contributed by atoms with Crippen LogP contribution < -0.4 is 0 Å². The number of nitrogens with zero attached hydrogens (tertiary/aromatic N) is 2. The number of carbonyl (C=O) groups excluding carboxylic acids is 2. The van der Waals surface area contributed by atoms with Crippen molar-refractivity contribution >= 4 is 40.2 Å². The topological polar surface area (TPSA) is 49.9 Å². The fourth-order valence-electron chi connectivity index (χ4n) is 4.28. The number of carbonyl (C=O) groups is 2. The molecule has 2 aliphatic rings. The molecule has 0 aliphatic carbocycles. The highest BCUT2D eigenvalue weighted by Crippen LogP contribution is 2.34. The fraction of sp³-hybridized carbons (Fsp3) is 0.455. The Balaban J connectivity index is 1.41. The van der Waals surface area contributed by atoms with Gasteiger partial charge in [0.1, 0.15) is 0 Å². The minimum absolute atomic E-state index is 0.0706. The Morgan fingerprint density at radius 3 is 1.97 bits per heavy atom. The first-order valence-corrected chi connectivity index (χ1v) is 11.9. The lowest BCUT2D eigenvalue weighted by Gasteiger charge is -2.37. The molecule has 0 atom stereocenters. The van der Waals surface area contributed by atoms with E-state index in [9.17, 15) is 9.59 Å². The Kier molecular flexibility index (Phi) is 6.35. The van der Waals surface area contributed by atoms with Gasteiger partial charge in [-0.25, -0.2) is 4.79 Å². The summed E-state index contributed by atoms with van der Waals surface area (Å²) in [4.78, 5) is 28.5. The van der Waals surface area contributed by atoms with Gasteiger partial charge in [0.15, 0.2) is 0 Å². The summed E-state index contributed by atoms with van der Waals surface area (Å²) in [5.41, 5.74) is 5.36. The summed E-state index contributed by atoms with van der Waals surface area (Å²) in [5.74, 6) is -0.224. The molecule has 2 fully saturated rings. The standard InChI is InChI=1S/C22H26N2O3S2/c1-27-21(25)17-4-10-24(11-5-17)22(26)23-8-2-16(3-9-23)20(18-6-12-28-14-18)19-7-13-29-15-19/h6-7,12-15,17H,2-5,8-11H2,1H3. The molecule has 2 saturated heterocycles. The zero-order valence-electron chi connectivity index (χ0n) is 16.6. The highest BCUT2D eigenvalue weighted by molar-refractivity contribution is 7.08. The molecule has 154 valence electrons. The Morgan fingerprint density at radius 2 is 1.48 bits per heavy atom. The van der Waals surface area contributed by atoms with E-state index in [-0.39, 0.29) is 17.9 Å². The average molecular weight is 431 g/mol. The van der Waals surface area contributed by atoms with Gasteiger partial charge in [0, 0.05) is 26.2 Å². The second kappa shape index (κ2) is 9.13. The van der Waals surface area contributed by atoms with Crippen LogP contribution >= 0.6 is 22.7 Å². The van der Waals surface area contributed by atoms with Crippen molar-refractivity contribution in [1.29, 1.82) is 0 Å². The molecular weight excluding hydrogens is 404 g/mol. The zero-order chi connectivity index (χ0) is 20.2. The van der Waals surface area contributed by atoms with Crippen LogP contribution in [0, 0.1) is 5.92 Å². The predicted octanol–water partition coefficient (Wildman–Crippen LogP) is 4.71. The minimum atomic E-state index is -0.153. The number of esters is 1. The number of amides is 2. The van der Waals surface area contributed by atoms with Crippen molar-refractivity contribution in [2.45, 2.75) is 25.7 Å². The van der Waals surface area contributed by atoms with Crippen molar-refractivity contribution in [3.8, 4) is 0 Å². The summed E-state index contributed by atoms with van der Waals surface area (Å²) in [6, 6.07) is 4.49. The lowest BCUT2D eigenvalue weighted by Crippen LogP contribution is -2.49. The molecule has 2 aromatic heterocycles. The third-order valence-electron chi connectivity index (χ3n) is 5.91. The quantitative estimate of drug-likeness (QED) is 0.663. The maximum atomic E-state index is 13.0. The third-order valence-corrected chi connectivity index (χ3v) is 7.28. The molecule has 7 heteroatoms. The Labute approximate surface area is 179 Å². The maximum Gasteiger partial charge on any atom is 0.320 e. The molecule has 29 heavy (non-hydrogen) atoms. The van der Waals surface area contributed by atoms with Gasteiger partial charge in [0.2, 0.25) is 0 Å². The lowest BCUT2D eigenvalue weighted by molar-refractivity contribution is -0.146. The minimum Gasteiger partial charge on any atom is -0.469 e. The van der Waals surface area contributed by atoms with Crippen LogP contribution in [0.3, 0.4) is 0 Å². The van der Waals surface area contributed by atoms with Crippen LogP contribution in [-0.4, -0.2) is 55.1 Å². The smallest absolute Gasteiger partial charge is 0.320 e. The van der Waals surface area contributed by atoms with E-state index in [0.29, 0.717) is 25.9 Å². The van der Waals surface area contributed by atoms with E-state index in [2.05, 4.69) is 33.7 Å². The van der Waals surface area contributed by atoms with E-state index in [1.165, 1.54) is 29.4 Å². The van der Waals surface area contributed by atoms with E-state index in [1.54, 1.807) is 22.7 Å². The zero-order valence-corrected chi connectivity index (χ0v) is 18.3. The number of rotatable bonds is 3. The maximum absolute atomic E-state index is 13.0. The number of piperidine rings is 2. The number of likely N-dealkylation sites (tertiary alicyclic amines) is 2. The normalized spacial score (nSPS) is 18.0. The second-order valence-electron chi connectivity index (χ2n) is 7.56. The number of ether oxygens (including phenoxy) is 1. The Bertz CT molecular complexity index is 820. The summed E-state index contributed by atoms with van der Waals surface area (Å²) >= 11 is 3.44. The molecule has 0 unspecified atom stereocenters. The van der Waals surface area contributed by atoms with Crippen LogP contribution in [0.4, 0.5) is 4.79 Å². The van der Waals surface area contributed by atoms with Crippen LogP contribution in [0.25, 0.3) is 5.57 Å². The summed E-state index contributed by atoms with van der Waals surface area (Å²) in [6.07, 6.45) is 3.20. The molecule has 2 aliphatic heterocycles. The lowest BCUT2D eigenvalue weighted by atomic mass is 9.91. The van der Waals surface area contributed by atoms with Gasteiger partial charge >= 0.3 is 12.0 Å². The van der Waals surface area contributed by atoms with Gasteiger partial charge in [0.05, 0.1) is 13.0 Å². The van der Waals surface area contributed by atoms with Gasteiger partial charge in [-0.15, -0.1) is 0 Å². The van der Waals surface area contributed by atoms with E-state index < -0.39 is 0 Å². The van der Waals surface area contributed by atoms with E-state index in [0.717, 1.165) is 25.9 Å². The van der Waals surface area contributed by atoms with Gasteiger partial charge in [-0.3, -0.25) is 4.79 Å². The van der Waals surface area contributed by atoms with Gasteiger partial charge in [-0.2, -0.15) is 22.7 Å². The van der Waals surface area contributed by atoms with Crippen molar-refractivity contribution in [1.82, 2.24) is 9.80 Å². The summed E-state index contributed by atoms with van der Waals surface area (Å²) in [5, 5.41) is 8.67. The summed E-state index contributed by atoms with van der Waals surface area (Å²) < 4.78 is 4.84. The van der Waals surface area contributed by atoms with E-state index in [4.69, 9.17) is 4.74 Å². The predicted molar refractivity (Wildman–Crippen MR) is 117 cm³/mol. The van der Waals surface area contributed by atoms with Crippen molar-refractivity contribution < 1.29 is 14.3 Å². The molecule has 5 nitrogen and oxygen atoms in total. The first-order chi connectivity index (χ1) is 14.2. The molecule has 4 heterocycles. The van der Waals surface area contributed by atoms with Gasteiger partial charge in [-0.1, -0.05) is 5.57 Å². The Morgan fingerprint density at radius 1 is 0.931 bits per heavy atom. The number of thiophene rings is 2. The second-order valence-corrected chi connectivity index (χ2v) is 9.12. The number of urea groups is 1. The molecule has 0 bridgehead atoms. The number of methoxy groups -OCH3 is 1. The Hall–Kier alpha value is -2.12.